The molecule has 1 aromatic rings. The Bertz CT molecular complexity index is 338. The van der Waals surface area contributed by atoms with Gasteiger partial charge in [0.2, 0.25) is 0 Å². The summed E-state index contributed by atoms with van der Waals surface area (Å²) in [5.74, 6) is 0. The molecule has 1 saturated carbocycles. The van der Waals surface area contributed by atoms with Crippen molar-refractivity contribution in [3.05, 3.63) is 34.9 Å². The summed E-state index contributed by atoms with van der Waals surface area (Å²) in [5, 5.41) is 14.0. The van der Waals surface area contributed by atoms with Crippen molar-refractivity contribution in [1.29, 1.82) is 0 Å². The van der Waals surface area contributed by atoms with Gasteiger partial charge in [0.1, 0.15) is 0 Å². The summed E-state index contributed by atoms with van der Waals surface area (Å²) in [7, 11) is 0. The Labute approximate surface area is 102 Å². The van der Waals surface area contributed by atoms with E-state index >= 15 is 0 Å². The molecule has 1 aromatic carbocycles. The second kappa shape index (κ2) is 5.17. The zero-order valence-corrected chi connectivity index (χ0v) is 10.2. The van der Waals surface area contributed by atoms with E-state index in [4.69, 9.17) is 11.6 Å². The van der Waals surface area contributed by atoms with Gasteiger partial charge in [0.25, 0.3) is 0 Å². The van der Waals surface area contributed by atoms with Crippen LogP contribution in [0.5, 0.6) is 0 Å². The van der Waals surface area contributed by atoms with Crippen LogP contribution in [0, 0.1) is 0 Å². The summed E-state index contributed by atoms with van der Waals surface area (Å²) in [5.41, 5.74) is 1.21. The maximum absolute atomic E-state index is 9.75. The molecule has 0 saturated heterocycles. The van der Waals surface area contributed by atoms with E-state index in [1.54, 1.807) is 0 Å². The van der Waals surface area contributed by atoms with Gasteiger partial charge in [-0.05, 0) is 43.9 Å². The Morgan fingerprint density at radius 3 is 2.56 bits per heavy atom. The van der Waals surface area contributed by atoms with Crippen LogP contribution in [0.1, 0.15) is 37.8 Å². The molecule has 16 heavy (non-hydrogen) atoms. The summed E-state index contributed by atoms with van der Waals surface area (Å²) in [6.07, 6.45) is 2.92. The first-order valence-electron chi connectivity index (χ1n) is 5.86. The fourth-order valence-electron chi connectivity index (χ4n) is 2.30. The van der Waals surface area contributed by atoms with Gasteiger partial charge >= 0.3 is 0 Å². The average Bonchev–Trinajstić information content (AvgIpc) is 2.65. The van der Waals surface area contributed by atoms with Crippen LogP contribution in [0.25, 0.3) is 0 Å². The Hall–Kier alpha value is -0.570. The molecule has 0 amide bonds. The van der Waals surface area contributed by atoms with Gasteiger partial charge in [-0.2, -0.15) is 0 Å². The van der Waals surface area contributed by atoms with E-state index in [-0.39, 0.29) is 18.2 Å². The number of rotatable bonds is 3. The van der Waals surface area contributed by atoms with E-state index in [0.717, 1.165) is 24.3 Å². The monoisotopic (exact) mass is 239 g/mol. The van der Waals surface area contributed by atoms with Crippen molar-refractivity contribution in [2.45, 2.75) is 44.4 Å². The third-order valence-corrected chi connectivity index (χ3v) is 3.57. The van der Waals surface area contributed by atoms with Crippen LogP contribution in [0.3, 0.4) is 0 Å². The molecule has 88 valence electrons. The second-order valence-electron chi connectivity index (χ2n) is 4.54. The smallest absolute Gasteiger partial charge is 0.0693 e. The molecule has 1 aliphatic carbocycles. The number of aliphatic hydroxyl groups is 1. The molecule has 0 radical (unpaired) electrons. The topological polar surface area (TPSA) is 32.3 Å². The standard InChI is InChI=1S/C13H18ClNO/c1-9(10-5-7-11(14)8-6-10)15-12-3-2-4-13(12)16/h5-9,12-13,15-16H,2-4H2,1H3/t9-,12?,13?/m1/s1. The van der Waals surface area contributed by atoms with Gasteiger partial charge in [-0.1, -0.05) is 23.7 Å². The molecule has 2 N–H and O–H groups in total. The molecule has 0 aromatic heterocycles. The molecule has 0 bridgehead atoms. The van der Waals surface area contributed by atoms with Gasteiger partial charge in [0, 0.05) is 17.1 Å². The van der Waals surface area contributed by atoms with Crippen molar-refractivity contribution in [2.75, 3.05) is 0 Å². The maximum Gasteiger partial charge on any atom is 0.0693 e. The van der Waals surface area contributed by atoms with Crippen molar-refractivity contribution >= 4 is 11.6 Å². The minimum absolute atomic E-state index is 0.185. The van der Waals surface area contributed by atoms with Crippen LogP contribution in [0.15, 0.2) is 24.3 Å². The van der Waals surface area contributed by atoms with Gasteiger partial charge in [-0.25, -0.2) is 0 Å². The van der Waals surface area contributed by atoms with E-state index in [2.05, 4.69) is 12.2 Å². The van der Waals surface area contributed by atoms with Crippen LogP contribution in [0.4, 0.5) is 0 Å². The molecule has 0 heterocycles. The molecule has 2 unspecified atom stereocenters. The van der Waals surface area contributed by atoms with Crippen LogP contribution in [-0.4, -0.2) is 17.3 Å². The van der Waals surface area contributed by atoms with Crippen molar-refractivity contribution < 1.29 is 5.11 Å². The number of hydrogen-bond acceptors (Lipinski definition) is 2. The van der Waals surface area contributed by atoms with Crippen molar-refractivity contribution in [3.8, 4) is 0 Å². The van der Waals surface area contributed by atoms with E-state index < -0.39 is 0 Å². The Morgan fingerprint density at radius 2 is 2.00 bits per heavy atom. The number of halogens is 1. The lowest BCUT2D eigenvalue weighted by atomic mass is 10.1. The van der Waals surface area contributed by atoms with E-state index in [1.165, 1.54) is 5.56 Å². The van der Waals surface area contributed by atoms with Gasteiger partial charge < -0.3 is 10.4 Å². The van der Waals surface area contributed by atoms with E-state index in [1.807, 2.05) is 24.3 Å². The SMILES string of the molecule is C[C@@H](NC1CCCC1O)c1ccc(Cl)cc1. The lowest BCUT2D eigenvalue weighted by Gasteiger charge is -2.22. The van der Waals surface area contributed by atoms with Gasteiger partial charge in [0.15, 0.2) is 0 Å². The second-order valence-corrected chi connectivity index (χ2v) is 4.98. The Balaban J connectivity index is 1.97. The first kappa shape index (κ1) is 11.9. The average molecular weight is 240 g/mol. The summed E-state index contributed by atoms with van der Waals surface area (Å²) >= 11 is 5.85. The van der Waals surface area contributed by atoms with Crippen LogP contribution in [-0.2, 0) is 0 Å². The maximum atomic E-state index is 9.75. The Morgan fingerprint density at radius 1 is 1.31 bits per heavy atom. The van der Waals surface area contributed by atoms with Crippen LogP contribution in [0.2, 0.25) is 5.02 Å². The summed E-state index contributed by atoms with van der Waals surface area (Å²) < 4.78 is 0. The number of nitrogens with one attached hydrogen (secondary N) is 1. The van der Waals surface area contributed by atoms with Gasteiger partial charge in [0.05, 0.1) is 6.10 Å². The predicted octanol–water partition coefficient (Wildman–Crippen LogP) is 2.90. The predicted molar refractivity (Wildman–Crippen MR) is 66.6 cm³/mol. The highest BCUT2D eigenvalue weighted by Gasteiger charge is 2.26. The third-order valence-electron chi connectivity index (χ3n) is 3.31. The van der Waals surface area contributed by atoms with Crippen molar-refractivity contribution in [1.82, 2.24) is 5.32 Å². The first-order chi connectivity index (χ1) is 7.66. The number of benzene rings is 1. The molecule has 0 aliphatic heterocycles. The molecule has 1 fully saturated rings. The highest BCUT2D eigenvalue weighted by molar-refractivity contribution is 6.30. The van der Waals surface area contributed by atoms with E-state index in [0.29, 0.717) is 0 Å². The molecular formula is C13H18ClNO. The Kier molecular flexibility index (Phi) is 3.85. The lowest BCUT2D eigenvalue weighted by molar-refractivity contribution is 0.144. The minimum atomic E-state index is -0.185. The first-order valence-corrected chi connectivity index (χ1v) is 6.24. The minimum Gasteiger partial charge on any atom is -0.392 e. The molecule has 0 spiro atoms. The van der Waals surface area contributed by atoms with Gasteiger partial charge in [-0.15, -0.1) is 0 Å². The molecule has 2 rings (SSSR count). The third kappa shape index (κ3) is 2.76. The highest BCUT2D eigenvalue weighted by atomic mass is 35.5. The van der Waals surface area contributed by atoms with Gasteiger partial charge in [-0.3, -0.25) is 0 Å². The van der Waals surface area contributed by atoms with E-state index in [9.17, 15) is 5.11 Å². The quantitative estimate of drug-likeness (QED) is 0.850. The number of hydrogen-bond donors (Lipinski definition) is 2. The molecule has 2 nitrogen and oxygen atoms in total. The van der Waals surface area contributed by atoms with Crippen LogP contribution >= 0.6 is 11.6 Å². The molecule has 3 heteroatoms. The lowest BCUT2D eigenvalue weighted by Crippen LogP contribution is -2.37. The summed E-state index contributed by atoms with van der Waals surface area (Å²) in [6.45, 7) is 2.12. The summed E-state index contributed by atoms with van der Waals surface area (Å²) in [6, 6.07) is 8.36. The normalized spacial score (nSPS) is 26.9. The summed E-state index contributed by atoms with van der Waals surface area (Å²) in [4.78, 5) is 0. The molecule has 3 atom stereocenters. The number of aliphatic hydroxyl groups excluding tert-OH is 1. The zero-order valence-electron chi connectivity index (χ0n) is 9.49. The van der Waals surface area contributed by atoms with Crippen LogP contribution < -0.4 is 5.32 Å². The fraction of sp³-hybridized carbons (Fsp3) is 0.538. The largest absolute Gasteiger partial charge is 0.392 e. The van der Waals surface area contributed by atoms with Crippen molar-refractivity contribution in [2.24, 2.45) is 0 Å². The zero-order chi connectivity index (χ0) is 11.5. The molecule has 1 aliphatic rings. The highest BCUT2D eigenvalue weighted by Crippen LogP contribution is 2.23. The fourth-order valence-corrected chi connectivity index (χ4v) is 2.43. The molecular weight excluding hydrogens is 222 g/mol. The van der Waals surface area contributed by atoms with Crippen molar-refractivity contribution in [3.63, 3.8) is 0 Å².